The van der Waals surface area contributed by atoms with Gasteiger partial charge >= 0.3 is 5.97 Å². The minimum Gasteiger partial charge on any atom is -0.465 e. The molecule has 0 saturated heterocycles. The summed E-state index contributed by atoms with van der Waals surface area (Å²) >= 11 is 1.14. The Bertz CT molecular complexity index is 575. The fraction of sp³-hybridized carbons (Fsp3) is 0.300. The van der Waals surface area contributed by atoms with E-state index in [1.54, 1.807) is 25.4 Å². The predicted octanol–water partition coefficient (Wildman–Crippen LogP) is -0.00190. The quantitative estimate of drug-likeness (QED) is 0.328. The van der Waals surface area contributed by atoms with E-state index >= 15 is 0 Å². The van der Waals surface area contributed by atoms with E-state index in [4.69, 9.17) is 10.6 Å². The molecule has 0 fully saturated rings. The molecule has 0 bridgehead atoms. The number of nitrogens with zero attached hydrogens (tertiary/aromatic N) is 5. The Morgan fingerprint density at radius 1 is 1.50 bits per heavy atom. The second-order valence-electron chi connectivity index (χ2n) is 3.43. The zero-order valence-corrected chi connectivity index (χ0v) is 11.5. The van der Waals surface area contributed by atoms with E-state index in [0.29, 0.717) is 17.7 Å². The zero-order valence-electron chi connectivity index (χ0n) is 10.7. The van der Waals surface area contributed by atoms with Crippen molar-refractivity contribution in [3.05, 3.63) is 18.5 Å². The molecule has 2 rings (SSSR count). The fourth-order valence-corrected chi connectivity index (χ4v) is 1.92. The van der Waals surface area contributed by atoms with Crippen LogP contribution in [0.25, 0.3) is 5.95 Å². The van der Waals surface area contributed by atoms with Gasteiger partial charge in [-0.1, -0.05) is 11.8 Å². The summed E-state index contributed by atoms with van der Waals surface area (Å²) in [6.07, 6.45) is 3.29. The summed E-state index contributed by atoms with van der Waals surface area (Å²) < 4.78 is 6.30. The summed E-state index contributed by atoms with van der Waals surface area (Å²) in [6.45, 7) is 2.09. The van der Waals surface area contributed by atoms with Gasteiger partial charge < -0.3 is 4.74 Å². The second kappa shape index (κ2) is 6.82. The average Bonchev–Trinajstić information content (AvgIpc) is 2.99. The summed E-state index contributed by atoms with van der Waals surface area (Å²) in [5.41, 5.74) is 2.35. The molecule has 20 heavy (non-hydrogen) atoms. The van der Waals surface area contributed by atoms with Gasteiger partial charge in [-0.15, -0.1) is 0 Å². The van der Waals surface area contributed by atoms with Crippen molar-refractivity contribution in [1.29, 1.82) is 0 Å². The molecule has 2 heterocycles. The Balaban J connectivity index is 2.16. The molecule has 0 radical (unpaired) electrons. The van der Waals surface area contributed by atoms with Crippen LogP contribution >= 0.6 is 11.8 Å². The molecular formula is C10H13N7O2S. The van der Waals surface area contributed by atoms with Gasteiger partial charge in [-0.2, -0.15) is 20.1 Å². The van der Waals surface area contributed by atoms with Gasteiger partial charge in [0.25, 0.3) is 5.95 Å². The number of hydrazine groups is 1. The van der Waals surface area contributed by atoms with E-state index in [2.05, 4.69) is 25.5 Å². The maximum Gasteiger partial charge on any atom is 0.316 e. The molecule has 0 aliphatic rings. The number of carbonyl (C=O) groups excluding carboxylic acids is 1. The molecule has 3 N–H and O–H groups in total. The Hall–Kier alpha value is -2.20. The van der Waals surface area contributed by atoms with Crippen molar-refractivity contribution < 1.29 is 9.53 Å². The lowest BCUT2D eigenvalue weighted by Crippen LogP contribution is -2.15. The van der Waals surface area contributed by atoms with Gasteiger partial charge in [-0.25, -0.2) is 10.5 Å². The summed E-state index contributed by atoms with van der Waals surface area (Å²) in [7, 11) is 0. The highest BCUT2D eigenvalue weighted by Gasteiger charge is 2.10. The van der Waals surface area contributed by atoms with E-state index in [-0.39, 0.29) is 17.7 Å². The number of esters is 1. The van der Waals surface area contributed by atoms with E-state index in [1.165, 1.54) is 4.68 Å². The molecule has 106 valence electrons. The molecule has 0 aromatic carbocycles. The average molecular weight is 295 g/mol. The monoisotopic (exact) mass is 295 g/mol. The van der Waals surface area contributed by atoms with Crippen molar-refractivity contribution in [3.8, 4) is 5.95 Å². The summed E-state index contributed by atoms with van der Waals surface area (Å²) in [4.78, 5) is 23.6. The van der Waals surface area contributed by atoms with Gasteiger partial charge in [0.15, 0.2) is 5.16 Å². The molecule has 0 atom stereocenters. The lowest BCUT2D eigenvalue weighted by Gasteiger charge is -2.06. The van der Waals surface area contributed by atoms with Crippen LogP contribution in [0.15, 0.2) is 23.6 Å². The third kappa shape index (κ3) is 3.65. The fourth-order valence-electron chi connectivity index (χ4n) is 1.29. The molecule has 0 aliphatic heterocycles. The van der Waals surface area contributed by atoms with Crippen molar-refractivity contribution >= 4 is 23.7 Å². The Labute approximate surface area is 118 Å². The number of aromatic nitrogens is 5. The van der Waals surface area contributed by atoms with Gasteiger partial charge in [0.1, 0.15) is 0 Å². The second-order valence-corrected chi connectivity index (χ2v) is 4.37. The number of ether oxygens (including phenoxy) is 1. The lowest BCUT2D eigenvalue weighted by atomic mass is 10.7. The molecular weight excluding hydrogens is 282 g/mol. The van der Waals surface area contributed by atoms with Gasteiger partial charge in [-0.05, 0) is 13.0 Å². The first kappa shape index (κ1) is 14.2. The number of anilines is 1. The van der Waals surface area contributed by atoms with Crippen LogP contribution in [0.3, 0.4) is 0 Å². The van der Waals surface area contributed by atoms with Crippen LogP contribution < -0.4 is 11.3 Å². The van der Waals surface area contributed by atoms with Crippen LogP contribution in [-0.2, 0) is 9.53 Å². The number of thioether (sulfide) groups is 1. The topological polar surface area (TPSA) is 121 Å². The normalized spacial score (nSPS) is 10.3. The lowest BCUT2D eigenvalue weighted by molar-refractivity contribution is -0.139. The largest absolute Gasteiger partial charge is 0.465 e. The van der Waals surface area contributed by atoms with Crippen molar-refractivity contribution in [2.75, 3.05) is 17.8 Å². The number of hydrogen-bond donors (Lipinski definition) is 2. The van der Waals surface area contributed by atoms with Gasteiger partial charge in [0.2, 0.25) is 5.95 Å². The van der Waals surface area contributed by atoms with Crippen molar-refractivity contribution in [3.63, 3.8) is 0 Å². The van der Waals surface area contributed by atoms with E-state index in [1.807, 2.05) is 0 Å². The minimum atomic E-state index is -0.333. The maximum absolute atomic E-state index is 11.3. The Morgan fingerprint density at radius 2 is 2.35 bits per heavy atom. The first-order valence-corrected chi connectivity index (χ1v) is 6.72. The van der Waals surface area contributed by atoms with Crippen LogP contribution in [0.2, 0.25) is 0 Å². The Morgan fingerprint density at radius 3 is 3.00 bits per heavy atom. The molecule has 2 aromatic rings. The van der Waals surface area contributed by atoms with Crippen LogP contribution in [0.4, 0.5) is 5.95 Å². The molecule has 10 heteroatoms. The Kier molecular flexibility index (Phi) is 4.85. The van der Waals surface area contributed by atoms with Crippen molar-refractivity contribution in [2.45, 2.75) is 12.1 Å². The minimum absolute atomic E-state index is 0.112. The number of rotatable bonds is 6. The highest BCUT2D eigenvalue weighted by atomic mass is 32.2. The van der Waals surface area contributed by atoms with Gasteiger partial charge in [0, 0.05) is 12.4 Å². The SMILES string of the molecule is CCOC(=O)CSc1nc(NN)nc(-n2cccn2)n1. The van der Waals surface area contributed by atoms with E-state index in [9.17, 15) is 4.79 Å². The summed E-state index contributed by atoms with van der Waals surface area (Å²) in [6, 6.07) is 1.74. The van der Waals surface area contributed by atoms with Crippen molar-refractivity contribution in [2.24, 2.45) is 5.84 Å². The van der Waals surface area contributed by atoms with Crippen LogP contribution in [0.5, 0.6) is 0 Å². The van der Waals surface area contributed by atoms with Crippen molar-refractivity contribution in [1.82, 2.24) is 24.7 Å². The summed E-state index contributed by atoms with van der Waals surface area (Å²) in [5, 5.41) is 4.38. The van der Waals surface area contributed by atoms with E-state index in [0.717, 1.165) is 11.8 Å². The molecule has 2 aromatic heterocycles. The van der Waals surface area contributed by atoms with E-state index < -0.39 is 0 Å². The number of carbonyl (C=O) groups is 1. The van der Waals surface area contributed by atoms with Crippen LogP contribution in [0, 0.1) is 0 Å². The van der Waals surface area contributed by atoms with Crippen LogP contribution in [-0.4, -0.2) is 43.1 Å². The number of nitrogens with one attached hydrogen (secondary N) is 1. The smallest absolute Gasteiger partial charge is 0.316 e. The van der Waals surface area contributed by atoms with Gasteiger partial charge in [-0.3, -0.25) is 10.2 Å². The standard InChI is InChI=1S/C10H13N7O2S/c1-2-19-7(18)6-20-10-14-8(16-11)13-9(15-10)17-5-3-4-12-17/h3-5H,2,6,11H2,1H3,(H,13,14,15,16). The first-order chi connectivity index (χ1) is 9.72. The predicted molar refractivity (Wildman–Crippen MR) is 72.1 cm³/mol. The van der Waals surface area contributed by atoms with Gasteiger partial charge in [0.05, 0.1) is 12.4 Å². The molecule has 0 spiro atoms. The highest BCUT2D eigenvalue weighted by molar-refractivity contribution is 7.99. The third-order valence-electron chi connectivity index (χ3n) is 2.07. The summed E-state index contributed by atoms with van der Waals surface area (Å²) in [5.74, 6) is 5.59. The zero-order chi connectivity index (χ0) is 14.4. The third-order valence-corrected chi connectivity index (χ3v) is 2.89. The first-order valence-electron chi connectivity index (χ1n) is 5.74. The number of nitrogen functional groups attached to an aromatic ring is 1. The maximum atomic E-state index is 11.3. The molecule has 0 unspecified atom stereocenters. The molecule has 0 aliphatic carbocycles. The molecule has 0 saturated carbocycles. The number of nitrogens with two attached hydrogens (primary N) is 1. The number of hydrogen-bond acceptors (Lipinski definition) is 9. The molecule has 0 amide bonds. The highest BCUT2D eigenvalue weighted by Crippen LogP contribution is 2.15. The van der Waals surface area contributed by atoms with Crippen LogP contribution in [0.1, 0.15) is 6.92 Å². The molecule has 9 nitrogen and oxygen atoms in total.